The number of ether oxygens (including phenoxy) is 2. The molecule has 1 N–H and O–H groups in total. The average Bonchev–Trinajstić information content (AvgIpc) is 3.29. The molecule has 1 aromatic heterocycles. The third-order valence-electron chi connectivity index (χ3n) is 6.08. The van der Waals surface area contributed by atoms with Crippen LogP contribution in [0.1, 0.15) is 34.5 Å². The van der Waals surface area contributed by atoms with Gasteiger partial charge in [-0.25, -0.2) is 4.68 Å². The highest BCUT2D eigenvalue weighted by Gasteiger charge is 2.18. The fraction of sp³-hybridized carbons (Fsp3) is 0.385. The Morgan fingerprint density at radius 3 is 2.70 bits per heavy atom. The van der Waals surface area contributed by atoms with Gasteiger partial charge in [0.25, 0.3) is 5.91 Å². The fourth-order valence-corrected chi connectivity index (χ4v) is 4.04. The predicted octanol–water partition coefficient (Wildman–Crippen LogP) is 3.60. The molecule has 0 radical (unpaired) electrons. The van der Waals surface area contributed by atoms with Gasteiger partial charge in [-0.05, 0) is 74.8 Å². The Balaban J connectivity index is 1.25. The Kier molecular flexibility index (Phi) is 7.75. The van der Waals surface area contributed by atoms with Gasteiger partial charge in [0.15, 0.2) is 0 Å². The number of nitrogens with zero attached hydrogens (tertiary/aromatic N) is 3. The van der Waals surface area contributed by atoms with E-state index in [1.807, 2.05) is 66.2 Å². The number of rotatable bonds is 9. The zero-order valence-corrected chi connectivity index (χ0v) is 19.4. The van der Waals surface area contributed by atoms with Crippen LogP contribution >= 0.6 is 0 Å². The molecule has 7 heteroatoms. The third-order valence-corrected chi connectivity index (χ3v) is 6.08. The molecule has 4 rings (SSSR count). The second-order valence-electron chi connectivity index (χ2n) is 8.43. The van der Waals surface area contributed by atoms with Crippen LogP contribution in [0, 0.1) is 6.92 Å². The number of aryl methyl sites for hydroxylation is 1. The summed E-state index contributed by atoms with van der Waals surface area (Å²) in [5.41, 5.74) is 3.60. The van der Waals surface area contributed by atoms with Crippen LogP contribution in [0.3, 0.4) is 0 Å². The minimum Gasteiger partial charge on any atom is -0.492 e. The van der Waals surface area contributed by atoms with Crippen LogP contribution in [0.2, 0.25) is 0 Å². The zero-order chi connectivity index (χ0) is 23.0. The summed E-state index contributed by atoms with van der Waals surface area (Å²) in [5, 5.41) is 7.28. The zero-order valence-electron chi connectivity index (χ0n) is 19.4. The summed E-state index contributed by atoms with van der Waals surface area (Å²) >= 11 is 0. The molecule has 3 aromatic rings. The van der Waals surface area contributed by atoms with Crippen LogP contribution < -0.4 is 10.1 Å². The molecule has 1 aliphatic rings. The van der Waals surface area contributed by atoms with Crippen molar-refractivity contribution in [2.75, 3.05) is 33.4 Å². The molecule has 0 bridgehead atoms. The van der Waals surface area contributed by atoms with Crippen molar-refractivity contribution in [3.05, 3.63) is 77.6 Å². The average molecular weight is 449 g/mol. The summed E-state index contributed by atoms with van der Waals surface area (Å²) < 4.78 is 13.2. The van der Waals surface area contributed by atoms with E-state index in [2.05, 4.69) is 22.4 Å². The van der Waals surface area contributed by atoms with Crippen molar-refractivity contribution < 1.29 is 14.3 Å². The Morgan fingerprint density at radius 2 is 1.97 bits per heavy atom. The molecule has 0 saturated carbocycles. The molecule has 0 spiro atoms. The maximum absolute atomic E-state index is 12.6. The largest absolute Gasteiger partial charge is 0.492 e. The van der Waals surface area contributed by atoms with Crippen molar-refractivity contribution in [3.8, 4) is 11.4 Å². The number of carbonyl (C=O) groups is 1. The molecule has 1 fully saturated rings. The van der Waals surface area contributed by atoms with Crippen LogP contribution in [-0.2, 0) is 11.3 Å². The van der Waals surface area contributed by atoms with Gasteiger partial charge in [0.1, 0.15) is 12.4 Å². The first-order valence-corrected chi connectivity index (χ1v) is 11.5. The molecule has 0 unspecified atom stereocenters. The first-order valence-electron chi connectivity index (χ1n) is 11.5. The van der Waals surface area contributed by atoms with Crippen molar-refractivity contribution in [3.63, 3.8) is 0 Å². The Bertz CT molecular complexity index is 1040. The number of hydrogen-bond acceptors (Lipinski definition) is 5. The van der Waals surface area contributed by atoms with Gasteiger partial charge in [-0.3, -0.25) is 9.69 Å². The van der Waals surface area contributed by atoms with E-state index in [1.54, 1.807) is 6.20 Å². The van der Waals surface area contributed by atoms with Gasteiger partial charge in [-0.2, -0.15) is 5.10 Å². The molecular weight excluding hydrogens is 416 g/mol. The van der Waals surface area contributed by atoms with E-state index < -0.39 is 0 Å². The molecule has 1 amide bonds. The Morgan fingerprint density at radius 1 is 1.18 bits per heavy atom. The minimum absolute atomic E-state index is 0.108. The van der Waals surface area contributed by atoms with Gasteiger partial charge >= 0.3 is 0 Å². The lowest BCUT2D eigenvalue weighted by molar-refractivity contribution is 0.0392. The SMILES string of the molecule is Cc1ccnn1-c1ccc(C(=O)NCc2cccc(OCCN(C)C3CCOCC3)c2)cc1. The van der Waals surface area contributed by atoms with E-state index >= 15 is 0 Å². The van der Waals surface area contributed by atoms with Gasteiger partial charge in [0.05, 0.1) is 5.69 Å². The number of carbonyl (C=O) groups excluding carboxylic acids is 1. The van der Waals surface area contributed by atoms with Gasteiger partial charge in [-0.15, -0.1) is 0 Å². The number of aromatic nitrogens is 2. The highest BCUT2D eigenvalue weighted by Crippen LogP contribution is 2.16. The smallest absolute Gasteiger partial charge is 0.251 e. The predicted molar refractivity (Wildman–Crippen MR) is 128 cm³/mol. The van der Waals surface area contributed by atoms with E-state index in [9.17, 15) is 4.79 Å². The van der Waals surface area contributed by atoms with E-state index in [4.69, 9.17) is 9.47 Å². The number of likely N-dealkylation sites (N-methyl/N-ethyl adjacent to an activating group) is 1. The van der Waals surface area contributed by atoms with Crippen LogP contribution in [0.4, 0.5) is 0 Å². The van der Waals surface area contributed by atoms with E-state index in [0.29, 0.717) is 24.8 Å². The van der Waals surface area contributed by atoms with Crippen molar-refractivity contribution in [1.29, 1.82) is 0 Å². The normalized spacial score (nSPS) is 14.4. The van der Waals surface area contributed by atoms with Crippen molar-refractivity contribution in [2.45, 2.75) is 32.4 Å². The van der Waals surface area contributed by atoms with Gasteiger partial charge in [-0.1, -0.05) is 12.1 Å². The molecule has 7 nitrogen and oxygen atoms in total. The summed E-state index contributed by atoms with van der Waals surface area (Å²) in [7, 11) is 2.15. The lowest BCUT2D eigenvalue weighted by Gasteiger charge is -2.31. The second kappa shape index (κ2) is 11.1. The van der Waals surface area contributed by atoms with Crippen LogP contribution in [0.5, 0.6) is 5.75 Å². The molecule has 1 saturated heterocycles. The van der Waals surface area contributed by atoms with Gasteiger partial charge < -0.3 is 14.8 Å². The summed E-state index contributed by atoms with van der Waals surface area (Å²) in [6.45, 7) is 5.63. The molecule has 0 atom stereocenters. The lowest BCUT2D eigenvalue weighted by atomic mass is 10.1. The number of amides is 1. The highest BCUT2D eigenvalue weighted by atomic mass is 16.5. The van der Waals surface area contributed by atoms with Gasteiger partial charge in [0, 0.05) is 49.8 Å². The van der Waals surface area contributed by atoms with E-state index in [1.165, 1.54) is 0 Å². The number of benzene rings is 2. The number of hydrogen-bond donors (Lipinski definition) is 1. The Labute approximate surface area is 195 Å². The van der Waals surface area contributed by atoms with E-state index in [0.717, 1.165) is 55.3 Å². The van der Waals surface area contributed by atoms with Crippen LogP contribution in [0.25, 0.3) is 5.69 Å². The standard InChI is InChI=1S/C26H32N4O3/c1-20-10-13-28-30(20)24-8-6-22(7-9-24)26(31)27-19-21-4-3-5-25(18-21)33-17-14-29(2)23-11-15-32-16-12-23/h3-10,13,18,23H,11-12,14-17,19H2,1-2H3,(H,27,31). The summed E-state index contributed by atoms with van der Waals surface area (Å²) in [5.74, 6) is 0.712. The summed E-state index contributed by atoms with van der Waals surface area (Å²) in [4.78, 5) is 14.9. The highest BCUT2D eigenvalue weighted by molar-refractivity contribution is 5.94. The molecule has 0 aliphatic carbocycles. The first kappa shape index (κ1) is 23.0. The summed E-state index contributed by atoms with van der Waals surface area (Å²) in [6.07, 6.45) is 3.92. The minimum atomic E-state index is -0.108. The molecular formula is C26H32N4O3. The molecule has 2 aromatic carbocycles. The van der Waals surface area contributed by atoms with Gasteiger partial charge in [0.2, 0.25) is 0 Å². The van der Waals surface area contributed by atoms with Crippen molar-refractivity contribution in [2.24, 2.45) is 0 Å². The molecule has 33 heavy (non-hydrogen) atoms. The lowest BCUT2D eigenvalue weighted by Crippen LogP contribution is -2.38. The third kappa shape index (κ3) is 6.21. The summed E-state index contributed by atoms with van der Waals surface area (Å²) in [6, 6.07) is 17.9. The van der Waals surface area contributed by atoms with Crippen molar-refractivity contribution in [1.82, 2.24) is 20.0 Å². The first-order chi connectivity index (χ1) is 16.1. The fourth-order valence-electron chi connectivity index (χ4n) is 4.04. The topological polar surface area (TPSA) is 68.6 Å². The maximum Gasteiger partial charge on any atom is 0.251 e. The van der Waals surface area contributed by atoms with Crippen LogP contribution in [-0.4, -0.2) is 60.0 Å². The molecule has 2 heterocycles. The van der Waals surface area contributed by atoms with Crippen molar-refractivity contribution >= 4 is 5.91 Å². The quantitative estimate of drug-likeness (QED) is 0.542. The Hall–Kier alpha value is -3.16. The molecule has 174 valence electrons. The van der Waals surface area contributed by atoms with E-state index in [-0.39, 0.29) is 5.91 Å². The molecule has 1 aliphatic heterocycles. The van der Waals surface area contributed by atoms with Crippen LogP contribution in [0.15, 0.2) is 60.8 Å². The monoisotopic (exact) mass is 448 g/mol. The number of nitrogens with one attached hydrogen (secondary N) is 1. The second-order valence-corrected chi connectivity index (χ2v) is 8.43. The maximum atomic E-state index is 12.6.